The molecule has 0 saturated carbocycles. The lowest BCUT2D eigenvalue weighted by atomic mass is 10.1. The molecule has 1 saturated heterocycles. The van der Waals surface area contributed by atoms with E-state index >= 15 is 0 Å². The van der Waals surface area contributed by atoms with Crippen LogP contribution in [0.4, 0.5) is 0 Å². The van der Waals surface area contributed by atoms with Crippen molar-refractivity contribution in [3.63, 3.8) is 0 Å². The monoisotopic (exact) mass is 145 g/mol. The van der Waals surface area contributed by atoms with E-state index in [-0.39, 0.29) is 18.3 Å². The average Bonchev–Trinajstić information content (AvgIpc) is 2.13. The molecule has 10 heavy (non-hydrogen) atoms. The van der Waals surface area contributed by atoms with Crippen molar-refractivity contribution in [3.8, 4) is 0 Å². The van der Waals surface area contributed by atoms with Crippen LogP contribution in [0.1, 0.15) is 13.3 Å². The van der Waals surface area contributed by atoms with E-state index < -0.39 is 0 Å². The Morgan fingerprint density at radius 3 is 2.80 bits per heavy atom. The fourth-order valence-corrected chi connectivity index (χ4v) is 1.32. The summed E-state index contributed by atoms with van der Waals surface area (Å²) in [6, 6.07) is 0. The predicted octanol–water partition coefficient (Wildman–Crippen LogP) is -0.256. The molecule has 1 heterocycles. The number of ether oxygens (including phenoxy) is 1. The minimum atomic E-state index is -0.276. The zero-order valence-electron chi connectivity index (χ0n) is 6.50. The first-order valence-corrected chi connectivity index (χ1v) is 3.72. The second-order valence-electron chi connectivity index (χ2n) is 2.85. The molecule has 60 valence electrons. The number of nitrogens with one attached hydrogen (secondary N) is 1. The van der Waals surface area contributed by atoms with Crippen LogP contribution in [0.5, 0.6) is 0 Å². The second-order valence-corrected chi connectivity index (χ2v) is 2.85. The van der Waals surface area contributed by atoms with Gasteiger partial charge in [-0.15, -0.1) is 0 Å². The summed E-state index contributed by atoms with van der Waals surface area (Å²) in [6.45, 7) is 2.73. The number of aliphatic hydroxyl groups excluding tert-OH is 1. The fraction of sp³-hybridized carbons (Fsp3) is 1.00. The summed E-state index contributed by atoms with van der Waals surface area (Å²) in [5, 5.41) is 12.3. The highest BCUT2D eigenvalue weighted by atomic mass is 16.5. The zero-order valence-corrected chi connectivity index (χ0v) is 6.50. The average molecular weight is 145 g/mol. The van der Waals surface area contributed by atoms with Gasteiger partial charge < -0.3 is 15.2 Å². The number of hydrogen-bond acceptors (Lipinski definition) is 3. The maximum Gasteiger partial charge on any atom is 0.0962 e. The number of likely N-dealkylation sites (N-methyl/N-ethyl adjacent to an activating group) is 1. The third-order valence-electron chi connectivity index (χ3n) is 1.81. The largest absolute Gasteiger partial charge is 0.390 e. The third kappa shape index (κ3) is 1.68. The SMILES string of the molecule is CNC[C@H]1O[C@@H](C)CC1O. The molecule has 0 aliphatic carbocycles. The van der Waals surface area contributed by atoms with Crippen LogP contribution in [0.15, 0.2) is 0 Å². The summed E-state index contributed by atoms with van der Waals surface area (Å²) in [4.78, 5) is 0. The Bertz CT molecular complexity index is 108. The fourth-order valence-electron chi connectivity index (χ4n) is 1.32. The first-order chi connectivity index (χ1) is 4.74. The van der Waals surface area contributed by atoms with Gasteiger partial charge in [-0.25, -0.2) is 0 Å². The van der Waals surface area contributed by atoms with Gasteiger partial charge in [0.05, 0.1) is 18.3 Å². The van der Waals surface area contributed by atoms with E-state index in [1.54, 1.807) is 0 Å². The van der Waals surface area contributed by atoms with Crippen LogP contribution in [0.2, 0.25) is 0 Å². The zero-order chi connectivity index (χ0) is 7.56. The molecule has 0 aromatic carbocycles. The van der Waals surface area contributed by atoms with E-state index in [0.717, 1.165) is 13.0 Å². The highest BCUT2D eigenvalue weighted by molar-refractivity contribution is 4.80. The van der Waals surface area contributed by atoms with Crippen LogP contribution in [0.3, 0.4) is 0 Å². The van der Waals surface area contributed by atoms with Crippen LogP contribution >= 0.6 is 0 Å². The molecule has 3 atom stereocenters. The molecule has 1 aliphatic heterocycles. The van der Waals surface area contributed by atoms with Gasteiger partial charge in [0, 0.05) is 13.0 Å². The van der Waals surface area contributed by atoms with Gasteiger partial charge in [-0.05, 0) is 14.0 Å². The van der Waals surface area contributed by atoms with E-state index in [0.29, 0.717) is 0 Å². The lowest BCUT2D eigenvalue weighted by molar-refractivity contribution is 0.0182. The summed E-state index contributed by atoms with van der Waals surface area (Å²) in [6.07, 6.45) is 0.711. The van der Waals surface area contributed by atoms with Crippen molar-refractivity contribution in [1.29, 1.82) is 0 Å². The van der Waals surface area contributed by atoms with Crippen LogP contribution in [-0.2, 0) is 4.74 Å². The normalized spacial score (nSPS) is 40.5. The first kappa shape index (κ1) is 7.98. The van der Waals surface area contributed by atoms with Crippen molar-refractivity contribution >= 4 is 0 Å². The Kier molecular flexibility index (Phi) is 2.65. The Morgan fingerprint density at radius 1 is 1.70 bits per heavy atom. The Labute approximate surface area is 61.4 Å². The highest BCUT2D eigenvalue weighted by Crippen LogP contribution is 2.18. The number of hydrogen-bond donors (Lipinski definition) is 2. The van der Waals surface area contributed by atoms with E-state index in [4.69, 9.17) is 4.74 Å². The summed E-state index contributed by atoms with van der Waals surface area (Å²) >= 11 is 0. The molecule has 0 aromatic heterocycles. The van der Waals surface area contributed by atoms with Gasteiger partial charge in [-0.2, -0.15) is 0 Å². The molecule has 3 nitrogen and oxygen atoms in total. The smallest absolute Gasteiger partial charge is 0.0962 e. The standard InChI is InChI=1S/C7H15NO2/c1-5-3-6(9)7(10-5)4-8-2/h5-9H,3-4H2,1-2H3/t5-,6?,7+/m0/s1. The topological polar surface area (TPSA) is 41.5 Å². The van der Waals surface area contributed by atoms with Gasteiger partial charge in [0.1, 0.15) is 0 Å². The molecule has 3 heteroatoms. The van der Waals surface area contributed by atoms with Crippen LogP contribution in [0, 0.1) is 0 Å². The summed E-state index contributed by atoms with van der Waals surface area (Å²) < 4.78 is 5.40. The summed E-state index contributed by atoms with van der Waals surface area (Å²) in [7, 11) is 1.86. The molecule has 1 aliphatic rings. The minimum absolute atomic E-state index is 0.000000000000000222. The molecule has 1 rings (SSSR count). The highest BCUT2D eigenvalue weighted by Gasteiger charge is 2.30. The van der Waals surface area contributed by atoms with Crippen LogP contribution in [0.25, 0.3) is 0 Å². The second kappa shape index (κ2) is 3.32. The van der Waals surface area contributed by atoms with Gasteiger partial charge >= 0.3 is 0 Å². The maximum atomic E-state index is 9.33. The van der Waals surface area contributed by atoms with E-state index in [2.05, 4.69) is 5.32 Å². The quantitative estimate of drug-likeness (QED) is 0.562. The van der Waals surface area contributed by atoms with Crippen LogP contribution in [-0.4, -0.2) is 37.0 Å². The molecule has 0 amide bonds. The summed E-state index contributed by atoms with van der Waals surface area (Å²) in [5.74, 6) is 0. The Morgan fingerprint density at radius 2 is 2.40 bits per heavy atom. The van der Waals surface area contributed by atoms with Crippen molar-refractivity contribution in [1.82, 2.24) is 5.32 Å². The lowest BCUT2D eigenvalue weighted by Gasteiger charge is -2.12. The van der Waals surface area contributed by atoms with E-state index in [1.165, 1.54) is 0 Å². The van der Waals surface area contributed by atoms with Gasteiger partial charge in [0.2, 0.25) is 0 Å². The maximum absolute atomic E-state index is 9.33. The van der Waals surface area contributed by atoms with E-state index in [1.807, 2.05) is 14.0 Å². The van der Waals surface area contributed by atoms with Crippen molar-refractivity contribution in [2.24, 2.45) is 0 Å². The third-order valence-corrected chi connectivity index (χ3v) is 1.81. The molecular formula is C7H15NO2. The first-order valence-electron chi connectivity index (χ1n) is 3.72. The van der Waals surface area contributed by atoms with Gasteiger partial charge in [-0.1, -0.05) is 0 Å². The molecule has 0 radical (unpaired) electrons. The van der Waals surface area contributed by atoms with Crippen LogP contribution < -0.4 is 5.32 Å². The molecule has 1 fully saturated rings. The molecule has 1 unspecified atom stereocenters. The Balaban J connectivity index is 2.31. The van der Waals surface area contributed by atoms with Crippen molar-refractivity contribution in [2.45, 2.75) is 31.7 Å². The predicted molar refractivity (Wildman–Crippen MR) is 38.9 cm³/mol. The minimum Gasteiger partial charge on any atom is -0.390 e. The van der Waals surface area contributed by atoms with Crippen molar-refractivity contribution in [3.05, 3.63) is 0 Å². The molecule has 2 N–H and O–H groups in total. The van der Waals surface area contributed by atoms with Gasteiger partial charge in [-0.3, -0.25) is 0 Å². The van der Waals surface area contributed by atoms with Crippen molar-refractivity contribution in [2.75, 3.05) is 13.6 Å². The lowest BCUT2D eigenvalue weighted by Crippen LogP contribution is -2.31. The van der Waals surface area contributed by atoms with E-state index in [9.17, 15) is 5.11 Å². The van der Waals surface area contributed by atoms with Gasteiger partial charge in [0.25, 0.3) is 0 Å². The molecule has 0 bridgehead atoms. The molecule has 0 aromatic rings. The number of rotatable bonds is 2. The molecule has 0 spiro atoms. The summed E-state index contributed by atoms with van der Waals surface area (Å²) in [5.41, 5.74) is 0. The molecular weight excluding hydrogens is 130 g/mol. The van der Waals surface area contributed by atoms with Gasteiger partial charge in [0.15, 0.2) is 0 Å². The Hall–Kier alpha value is -0.120. The van der Waals surface area contributed by atoms with Crippen molar-refractivity contribution < 1.29 is 9.84 Å². The number of aliphatic hydroxyl groups is 1.